The van der Waals surface area contributed by atoms with Gasteiger partial charge in [0.1, 0.15) is 0 Å². The smallest absolute Gasteiger partial charge is 0.166 e. The summed E-state index contributed by atoms with van der Waals surface area (Å²) in [6, 6.07) is 11.0. The Morgan fingerprint density at radius 3 is 2.60 bits per heavy atom. The van der Waals surface area contributed by atoms with Crippen molar-refractivity contribution in [2.24, 2.45) is 0 Å². The van der Waals surface area contributed by atoms with Crippen molar-refractivity contribution in [3.05, 3.63) is 52.8 Å². The van der Waals surface area contributed by atoms with Gasteiger partial charge in [-0.15, -0.1) is 0 Å². The summed E-state index contributed by atoms with van der Waals surface area (Å²) in [5.74, 6) is 0. The summed E-state index contributed by atoms with van der Waals surface area (Å²) in [6.45, 7) is 5.74. The molecule has 0 saturated heterocycles. The molecule has 0 atom stereocenters. The quantitative estimate of drug-likeness (QED) is 0.799. The van der Waals surface area contributed by atoms with Gasteiger partial charge in [0.2, 0.25) is 0 Å². The lowest BCUT2D eigenvalue weighted by molar-refractivity contribution is 0.412. The molecule has 0 spiro atoms. The summed E-state index contributed by atoms with van der Waals surface area (Å²) < 4.78 is 2.08. The van der Waals surface area contributed by atoms with E-state index in [2.05, 4.69) is 53.4 Å². The summed E-state index contributed by atoms with van der Waals surface area (Å²) >= 11 is 5.48. The molecule has 0 aliphatic heterocycles. The van der Waals surface area contributed by atoms with Crippen molar-refractivity contribution in [1.82, 2.24) is 20.4 Å². The molecule has 0 bridgehead atoms. The number of nitrogens with one attached hydrogen (secondary N) is 2. The molecular formula is C20H28N4S. The summed E-state index contributed by atoms with van der Waals surface area (Å²) in [7, 11) is 0. The average molecular weight is 357 g/mol. The Bertz CT molecular complexity index is 702. The first-order chi connectivity index (χ1) is 12.1. The molecule has 1 saturated carbocycles. The highest BCUT2D eigenvalue weighted by Crippen LogP contribution is 2.18. The number of benzene rings is 1. The molecule has 1 aromatic carbocycles. The zero-order valence-corrected chi connectivity index (χ0v) is 16.0. The third-order valence-corrected chi connectivity index (χ3v) is 5.33. The normalized spacial score (nSPS) is 15.1. The third kappa shape index (κ3) is 4.82. The lowest BCUT2D eigenvalue weighted by Crippen LogP contribution is -2.42. The van der Waals surface area contributed by atoms with Gasteiger partial charge in [0, 0.05) is 23.8 Å². The van der Waals surface area contributed by atoms with E-state index < -0.39 is 0 Å². The van der Waals surface area contributed by atoms with Gasteiger partial charge in [-0.3, -0.25) is 4.68 Å². The monoisotopic (exact) mass is 356 g/mol. The van der Waals surface area contributed by atoms with Crippen molar-refractivity contribution in [2.75, 3.05) is 0 Å². The van der Waals surface area contributed by atoms with E-state index in [4.69, 9.17) is 17.3 Å². The number of hydrogen-bond donors (Lipinski definition) is 2. The minimum absolute atomic E-state index is 0.539. The van der Waals surface area contributed by atoms with Crippen molar-refractivity contribution < 1.29 is 0 Å². The Hall–Kier alpha value is -1.88. The van der Waals surface area contributed by atoms with Crippen LogP contribution in [-0.2, 0) is 13.1 Å². The van der Waals surface area contributed by atoms with E-state index in [1.54, 1.807) is 0 Å². The molecule has 5 heteroatoms. The van der Waals surface area contributed by atoms with E-state index in [0.29, 0.717) is 6.04 Å². The fourth-order valence-electron chi connectivity index (χ4n) is 3.55. The molecule has 1 aliphatic carbocycles. The molecule has 25 heavy (non-hydrogen) atoms. The fourth-order valence-corrected chi connectivity index (χ4v) is 3.79. The van der Waals surface area contributed by atoms with E-state index in [0.717, 1.165) is 23.9 Å². The van der Waals surface area contributed by atoms with Gasteiger partial charge in [-0.05, 0) is 44.5 Å². The van der Waals surface area contributed by atoms with Crippen LogP contribution in [-0.4, -0.2) is 20.9 Å². The van der Waals surface area contributed by atoms with E-state index in [1.807, 2.05) is 6.07 Å². The number of nitrogens with zero attached hydrogens (tertiary/aromatic N) is 2. The van der Waals surface area contributed by atoms with Crippen LogP contribution in [0.1, 0.15) is 54.6 Å². The second kappa shape index (κ2) is 8.48. The van der Waals surface area contributed by atoms with Crippen LogP contribution in [0.25, 0.3) is 0 Å². The first kappa shape index (κ1) is 17.9. The van der Waals surface area contributed by atoms with Crippen molar-refractivity contribution in [3.8, 4) is 0 Å². The summed E-state index contributed by atoms with van der Waals surface area (Å²) in [5, 5.41) is 12.3. The van der Waals surface area contributed by atoms with Crippen LogP contribution in [0.2, 0.25) is 0 Å². The molecule has 4 nitrogen and oxygen atoms in total. The van der Waals surface area contributed by atoms with Gasteiger partial charge in [0.25, 0.3) is 0 Å². The Balaban J connectivity index is 1.58. The Morgan fingerprint density at radius 2 is 1.88 bits per heavy atom. The topological polar surface area (TPSA) is 41.9 Å². The average Bonchev–Trinajstić information content (AvgIpc) is 2.88. The largest absolute Gasteiger partial charge is 0.360 e. The molecule has 1 aromatic heterocycles. The molecule has 0 amide bonds. The van der Waals surface area contributed by atoms with Crippen molar-refractivity contribution in [3.63, 3.8) is 0 Å². The molecule has 1 fully saturated rings. The Kier molecular flexibility index (Phi) is 6.08. The van der Waals surface area contributed by atoms with Gasteiger partial charge < -0.3 is 10.6 Å². The van der Waals surface area contributed by atoms with Gasteiger partial charge in [-0.25, -0.2) is 0 Å². The zero-order valence-electron chi connectivity index (χ0n) is 15.2. The number of aromatic nitrogens is 2. The van der Waals surface area contributed by atoms with E-state index in [9.17, 15) is 0 Å². The van der Waals surface area contributed by atoms with Crippen molar-refractivity contribution >= 4 is 17.3 Å². The van der Waals surface area contributed by atoms with Crippen LogP contribution in [0.4, 0.5) is 0 Å². The maximum atomic E-state index is 5.48. The zero-order chi connectivity index (χ0) is 17.6. The first-order valence-electron chi connectivity index (χ1n) is 9.24. The van der Waals surface area contributed by atoms with Crippen molar-refractivity contribution in [1.29, 1.82) is 0 Å². The summed E-state index contributed by atoms with van der Waals surface area (Å²) in [4.78, 5) is 0. The molecule has 0 radical (unpaired) electrons. The highest BCUT2D eigenvalue weighted by Gasteiger charge is 2.15. The maximum Gasteiger partial charge on any atom is 0.166 e. The van der Waals surface area contributed by atoms with E-state index in [-0.39, 0.29) is 0 Å². The molecule has 0 unspecified atom stereocenters. The molecule has 1 heterocycles. The SMILES string of the molecule is Cc1nn(Cc2ccccc2)c(C)c1CNC(=S)NC1CCCCC1. The number of aryl methyl sites for hydroxylation is 1. The third-order valence-electron chi connectivity index (χ3n) is 5.07. The van der Waals surface area contributed by atoms with Crippen LogP contribution in [0.5, 0.6) is 0 Å². The number of hydrogen-bond acceptors (Lipinski definition) is 2. The van der Waals surface area contributed by atoms with Crippen LogP contribution >= 0.6 is 12.2 Å². The molecular weight excluding hydrogens is 328 g/mol. The highest BCUT2D eigenvalue weighted by atomic mass is 32.1. The summed E-state index contributed by atoms with van der Waals surface area (Å²) in [5.41, 5.74) is 4.78. The lowest BCUT2D eigenvalue weighted by Gasteiger charge is -2.24. The molecule has 2 N–H and O–H groups in total. The van der Waals surface area contributed by atoms with Gasteiger partial charge in [0.15, 0.2) is 5.11 Å². The predicted molar refractivity (Wildman–Crippen MR) is 107 cm³/mol. The first-order valence-corrected chi connectivity index (χ1v) is 9.65. The lowest BCUT2D eigenvalue weighted by atomic mass is 9.96. The number of rotatable bonds is 5. The van der Waals surface area contributed by atoms with Crippen LogP contribution in [0.15, 0.2) is 30.3 Å². The second-order valence-electron chi connectivity index (χ2n) is 6.95. The van der Waals surface area contributed by atoms with Gasteiger partial charge in [-0.2, -0.15) is 5.10 Å². The number of thiocarbonyl (C=S) groups is 1. The Labute approximate surface area is 156 Å². The summed E-state index contributed by atoms with van der Waals surface area (Å²) in [6.07, 6.45) is 6.44. The predicted octanol–water partition coefficient (Wildman–Crippen LogP) is 3.85. The highest BCUT2D eigenvalue weighted by molar-refractivity contribution is 7.80. The molecule has 134 valence electrons. The molecule has 3 rings (SSSR count). The molecule has 2 aromatic rings. The fraction of sp³-hybridized carbons (Fsp3) is 0.500. The molecule has 1 aliphatic rings. The minimum Gasteiger partial charge on any atom is -0.360 e. The maximum absolute atomic E-state index is 5.48. The van der Waals surface area contributed by atoms with Gasteiger partial charge in [0.05, 0.1) is 12.2 Å². The van der Waals surface area contributed by atoms with E-state index >= 15 is 0 Å². The van der Waals surface area contributed by atoms with Gasteiger partial charge >= 0.3 is 0 Å². The Morgan fingerprint density at radius 1 is 1.16 bits per heavy atom. The van der Waals surface area contributed by atoms with E-state index in [1.165, 1.54) is 48.9 Å². The van der Waals surface area contributed by atoms with Crippen LogP contribution in [0.3, 0.4) is 0 Å². The van der Waals surface area contributed by atoms with Crippen LogP contribution in [0, 0.1) is 13.8 Å². The van der Waals surface area contributed by atoms with Gasteiger partial charge in [-0.1, -0.05) is 49.6 Å². The standard InChI is InChI=1S/C20H28N4S/c1-15-19(13-21-20(25)22-18-11-7-4-8-12-18)16(2)24(23-15)14-17-9-5-3-6-10-17/h3,5-6,9-10,18H,4,7-8,11-14H2,1-2H3,(H2,21,22,25). The van der Waals surface area contributed by atoms with Crippen molar-refractivity contribution in [2.45, 2.75) is 65.1 Å². The second-order valence-corrected chi connectivity index (χ2v) is 7.36. The van der Waals surface area contributed by atoms with Crippen LogP contribution < -0.4 is 10.6 Å². The minimum atomic E-state index is 0.539.